The molecule has 2 aliphatic heterocycles. The molecule has 2 heterocycles. The van der Waals surface area contributed by atoms with E-state index in [1.54, 1.807) is 7.11 Å². The Bertz CT molecular complexity index is 1020. The highest BCUT2D eigenvalue weighted by Gasteiger charge is 2.43. The maximum atomic E-state index is 13.7. The second-order valence-electron chi connectivity index (χ2n) is 8.45. The molecule has 4 rings (SSSR count). The van der Waals surface area contributed by atoms with E-state index in [0.717, 1.165) is 31.6 Å². The van der Waals surface area contributed by atoms with E-state index in [0.29, 0.717) is 34.2 Å². The van der Waals surface area contributed by atoms with Crippen LogP contribution in [0.1, 0.15) is 25.3 Å². The first-order chi connectivity index (χ1) is 14.9. The van der Waals surface area contributed by atoms with Gasteiger partial charge in [-0.1, -0.05) is 25.1 Å². The van der Waals surface area contributed by atoms with E-state index in [1.165, 1.54) is 4.90 Å². The van der Waals surface area contributed by atoms with Gasteiger partial charge in [0.05, 0.1) is 18.4 Å². The lowest BCUT2D eigenvalue weighted by Crippen LogP contribution is -2.38. The predicted octanol–water partition coefficient (Wildman–Crippen LogP) is 3.78. The number of amides is 2. The summed E-state index contributed by atoms with van der Waals surface area (Å²) in [6, 6.07) is 14.9. The fourth-order valence-electron chi connectivity index (χ4n) is 4.27. The second kappa shape index (κ2) is 8.46. The molecule has 162 valence electrons. The minimum atomic E-state index is -0.305. The van der Waals surface area contributed by atoms with Gasteiger partial charge < -0.3 is 14.5 Å². The summed E-state index contributed by atoms with van der Waals surface area (Å²) < 4.78 is 5.54. The smallest absolute Gasteiger partial charge is 0.282 e. The van der Waals surface area contributed by atoms with E-state index in [-0.39, 0.29) is 11.8 Å². The van der Waals surface area contributed by atoms with Crippen LogP contribution in [0.3, 0.4) is 0 Å². The van der Waals surface area contributed by atoms with Crippen LogP contribution in [0.5, 0.6) is 5.75 Å². The van der Waals surface area contributed by atoms with Crippen LogP contribution in [0.15, 0.2) is 54.2 Å². The van der Waals surface area contributed by atoms with Crippen LogP contribution in [0.2, 0.25) is 0 Å². The maximum absolute atomic E-state index is 13.7. The molecular formula is C25H29N3O3. The lowest BCUT2D eigenvalue weighted by atomic mass is 9.97. The molecular weight excluding hydrogens is 390 g/mol. The number of benzene rings is 2. The van der Waals surface area contributed by atoms with Gasteiger partial charge in [0.1, 0.15) is 11.4 Å². The molecule has 0 saturated carbocycles. The number of anilines is 2. The number of piperidine rings is 1. The zero-order chi connectivity index (χ0) is 22.1. The van der Waals surface area contributed by atoms with Crippen LogP contribution in [-0.4, -0.2) is 51.0 Å². The molecule has 0 spiro atoms. The van der Waals surface area contributed by atoms with E-state index in [1.807, 2.05) is 67.5 Å². The Kier molecular flexibility index (Phi) is 5.72. The molecule has 1 saturated heterocycles. The molecule has 2 aliphatic rings. The lowest BCUT2D eigenvalue weighted by molar-refractivity contribution is -0.120. The quantitative estimate of drug-likeness (QED) is 0.691. The summed E-state index contributed by atoms with van der Waals surface area (Å²) in [5, 5.41) is 0. The number of hydrogen-bond acceptors (Lipinski definition) is 5. The topological polar surface area (TPSA) is 53.1 Å². The number of hydrogen-bond donors (Lipinski definition) is 0. The van der Waals surface area contributed by atoms with Crippen LogP contribution in [0.25, 0.3) is 5.57 Å². The monoisotopic (exact) mass is 419 g/mol. The van der Waals surface area contributed by atoms with Gasteiger partial charge in [-0.3, -0.25) is 9.59 Å². The van der Waals surface area contributed by atoms with Gasteiger partial charge in [-0.25, -0.2) is 4.90 Å². The molecule has 0 unspecified atom stereocenters. The van der Waals surface area contributed by atoms with Crippen LogP contribution in [0.4, 0.5) is 11.4 Å². The Morgan fingerprint density at radius 1 is 0.935 bits per heavy atom. The minimum absolute atomic E-state index is 0.266. The fraction of sp³-hybridized carbons (Fsp3) is 0.360. The van der Waals surface area contributed by atoms with Gasteiger partial charge in [-0.2, -0.15) is 0 Å². The molecule has 6 nitrogen and oxygen atoms in total. The zero-order valence-electron chi connectivity index (χ0n) is 18.6. The summed E-state index contributed by atoms with van der Waals surface area (Å²) in [5.41, 5.74) is 3.15. The highest BCUT2D eigenvalue weighted by atomic mass is 16.5. The SMILES string of the molecule is COc1ccccc1C1=C(N2CCC(C)CC2)C(=O)N(c2ccc(N(C)C)cc2)C1=O. The van der Waals surface area contributed by atoms with Crippen LogP contribution in [0, 0.1) is 5.92 Å². The number of para-hydroxylation sites is 1. The molecule has 0 radical (unpaired) electrons. The highest BCUT2D eigenvalue weighted by molar-refractivity contribution is 6.45. The number of carbonyl (C=O) groups is 2. The number of imide groups is 1. The van der Waals surface area contributed by atoms with E-state index < -0.39 is 0 Å². The highest BCUT2D eigenvalue weighted by Crippen LogP contribution is 2.39. The van der Waals surface area contributed by atoms with Gasteiger partial charge in [0.25, 0.3) is 11.8 Å². The molecule has 0 aromatic heterocycles. The van der Waals surface area contributed by atoms with Crippen LogP contribution in [-0.2, 0) is 9.59 Å². The van der Waals surface area contributed by atoms with E-state index in [9.17, 15) is 9.59 Å². The van der Waals surface area contributed by atoms with Crippen molar-refractivity contribution in [3.63, 3.8) is 0 Å². The Balaban J connectivity index is 1.80. The number of carbonyl (C=O) groups excluding carboxylic acids is 2. The molecule has 0 bridgehead atoms. The molecule has 1 fully saturated rings. The van der Waals surface area contributed by atoms with Crippen molar-refractivity contribution in [1.82, 2.24) is 4.90 Å². The predicted molar refractivity (Wildman–Crippen MR) is 123 cm³/mol. The van der Waals surface area contributed by atoms with E-state index >= 15 is 0 Å². The number of nitrogens with zero attached hydrogens (tertiary/aromatic N) is 3. The Hall–Kier alpha value is -3.28. The number of methoxy groups -OCH3 is 1. The van der Waals surface area contributed by atoms with Gasteiger partial charge in [0, 0.05) is 38.4 Å². The van der Waals surface area contributed by atoms with Crippen molar-refractivity contribution in [2.75, 3.05) is 44.1 Å². The van der Waals surface area contributed by atoms with Crippen molar-refractivity contribution in [2.45, 2.75) is 19.8 Å². The third-order valence-corrected chi connectivity index (χ3v) is 6.16. The number of ether oxygens (including phenoxy) is 1. The van der Waals surface area contributed by atoms with Crippen LogP contribution < -0.4 is 14.5 Å². The van der Waals surface area contributed by atoms with Crippen molar-refractivity contribution in [1.29, 1.82) is 0 Å². The van der Waals surface area contributed by atoms with Crippen molar-refractivity contribution in [3.05, 3.63) is 59.8 Å². The Labute approximate surface area is 183 Å². The fourth-order valence-corrected chi connectivity index (χ4v) is 4.27. The normalized spacial score (nSPS) is 17.5. The summed E-state index contributed by atoms with van der Waals surface area (Å²) in [7, 11) is 5.50. The first-order valence-corrected chi connectivity index (χ1v) is 10.7. The first kappa shape index (κ1) is 21.0. The average Bonchev–Trinajstić information content (AvgIpc) is 3.04. The molecule has 0 atom stereocenters. The van der Waals surface area contributed by atoms with Gasteiger partial charge in [-0.15, -0.1) is 0 Å². The molecule has 0 aliphatic carbocycles. The van der Waals surface area contributed by atoms with E-state index in [4.69, 9.17) is 4.74 Å². The van der Waals surface area contributed by atoms with Gasteiger partial charge in [0.15, 0.2) is 0 Å². The minimum Gasteiger partial charge on any atom is -0.496 e. The Morgan fingerprint density at radius 2 is 1.58 bits per heavy atom. The molecule has 2 aromatic carbocycles. The Morgan fingerprint density at radius 3 is 2.19 bits per heavy atom. The summed E-state index contributed by atoms with van der Waals surface area (Å²) in [6.07, 6.45) is 2.00. The third kappa shape index (κ3) is 3.78. The standard InChI is InChI=1S/C25H29N3O3/c1-17-13-15-27(16-14-17)23-22(20-7-5-6-8-21(20)31-4)24(29)28(25(23)30)19-11-9-18(10-12-19)26(2)3/h5-12,17H,13-16H2,1-4H3. The molecule has 0 N–H and O–H groups in total. The zero-order valence-corrected chi connectivity index (χ0v) is 18.6. The third-order valence-electron chi connectivity index (χ3n) is 6.16. The summed E-state index contributed by atoms with van der Waals surface area (Å²) in [4.78, 5) is 32.7. The van der Waals surface area contributed by atoms with Gasteiger partial charge in [-0.05, 0) is 49.1 Å². The van der Waals surface area contributed by atoms with Crippen molar-refractivity contribution < 1.29 is 14.3 Å². The summed E-state index contributed by atoms with van der Waals surface area (Å²) in [6.45, 7) is 3.76. The molecule has 2 aromatic rings. The molecule has 31 heavy (non-hydrogen) atoms. The lowest BCUT2D eigenvalue weighted by Gasteiger charge is -2.32. The molecule has 2 amide bonds. The number of rotatable bonds is 5. The van der Waals surface area contributed by atoms with Gasteiger partial charge in [0.2, 0.25) is 0 Å². The second-order valence-corrected chi connectivity index (χ2v) is 8.45. The van der Waals surface area contributed by atoms with Crippen molar-refractivity contribution >= 4 is 28.8 Å². The van der Waals surface area contributed by atoms with Crippen LogP contribution >= 0.6 is 0 Å². The first-order valence-electron chi connectivity index (χ1n) is 10.7. The number of likely N-dealkylation sites (tertiary alicyclic amines) is 1. The van der Waals surface area contributed by atoms with E-state index in [2.05, 4.69) is 11.8 Å². The summed E-state index contributed by atoms with van der Waals surface area (Å²) >= 11 is 0. The summed E-state index contributed by atoms with van der Waals surface area (Å²) in [5.74, 6) is 0.638. The maximum Gasteiger partial charge on any atom is 0.282 e. The van der Waals surface area contributed by atoms with Gasteiger partial charge >= 0.3 is 0 Å². The average molecular weight is 420 g/mol. The molecule has 6 heteroatoms. The largest absolute Gasteiger partial charge is 0.496 e. The van der Waals surface area contributed by atoms with Crippen molar-refractivity contribution in [2.24, 2.45) is 5.92 Å². The van der Waals surface area contributed by atoms with Crippen molar-refractivity contribution in [3.8, 4) is 5.75 Å².